The SMILES string of the molecule is Cc1ccc(C2=C(Nc3cccc4ccccc34)C(=O)N(Cc3ccc(F)cc3)C2=O)cc1C. The maximum atomic E-state index is 13.6. The number of benzene rings is 4. The van der Waals surface area contributed by atoms with Crippen LogP contribution in [-0.4, -0.2) is 16.7 Å². The van der Waals surface area contributed by atoms with E-state index in [0.29, 0.717) is 16.7 Å². The predicted octanol–water partition coefficient (Wildman–Crippen LogP) is 5.99. The van der Waals surface area contributed by atoms with Crippen molar-refractivity contribution in [3.05, 3.63) is 119 Å². The van der Waals surface area contributed by atoms with E-state index >= 15 is 0 Å². The van der Waals surface area contributed by atoms with Crippen LogP contribution in [0.5, 0.6) is 0 Å². The van der Waals surface area contributed by atoms with E-state index in [4.69, 9.17) is 0 Å². The third-order valence-corrected chi connectivity index (χ3v) is 6.27. The Hall–Kier alpha value is -4.25. The molecule has 1 aliphatic rings. The number of fused-ring (bicyclic) bond motifs is 1. The Labute approximate surface area is 197 Å². The lowest BCUT2D eigenvalue weighted by molar-refractivity contribution is -0.137. The first-order valence-corrected chi connectivity index (χ1v) is 11.1. The number of amides is 2. The van der Waals surface area contributed by atoms with E-state index in [-0.39, 0.29) is 24.0 Å². The average molecular weight is 451 g/mol. The molecule has 0 spiro atoms. The van der Waals surface area contributed by atoms with Crippen LogP contribution in [-0.2, 0) is 16.1 Å². The summed E-state index contributed by atoms with van der Waals surface area (Å²) in [6.07, 6.45) is 0. The highest BCUT2D eigenvalue weighted by molar-refractivity contribution is 6.36. The molecule has 0 radical (unpaired) electrons. The monoisotopic (exact) mass is 450 g/mol. The van der Waals surface area contributed by atoms with Crippen LogP contribution in [0.15, 0.2) is 90.6 Å². The molecule has 4 nitrogen and oxygen atoms in total. The molecule has 168 valence electrons. The maximum absolute atomic E-state index is 13.6. The molecule has 4 aromatic carbocycles. The van der Waals surface area contributed by atoms with Crippen molar-refractivity contribution < 1.29 is 14.0 Å². The Morgan fingerprint density at radius 3 is 2.29 bits per heavy atom. The molecule has 5 rings (SSSR count). The molecular weight excluding hydrogens is 427 g/mol. The van der Waals surface area contributed by atoms with Gasteiger partial charge >= 0.3 is 0 Å². The van der Waals surface area contributed by atoms with E-state index in [0.717, 1.165) is 27.6 Å². The van der Waals surface area contributed by atoms with Crippen LogP contribution in [0.3, 0.4) is 0 Å². The molecule has 0 unspecified atom stereocenters. The van der Waals surface area contributed by atoms with Gasteiger partial charge in [-0.05, 0) is 59.7 Å². The van der Waals surface area contributed by atoms with Gasteiger partial charge in [-0.2, -0.15) is 0 Å². The summed E-state index contributed by atoms with van der Waals surface area (Å²) in [6, 6.07) is 25.3. The quantitative estimate of drug-likeness (QED) is 0.380. The summed E-state index contributed by atoms with van der Waals surface area (Å²) in [6.45, 7) is 4.05. The van der Waals surface area contributed by atoms with Gasteiger partial charge in [-0.25, -0.2) is 4.39 Å². The molecular formula is C29H23FN2O2. The second-order valence-corrected chi connectivity index (χ2v) is 8.52. The number of imide groups is 1. The lowest BCUT2D eigenvalue weighted by Gasteiger charge is -2.16. The number of aryl methyl sites for hydroxylation is 2. The number of rotatable bonds is 5. The largest absolute Gasteiger partial charge is 0.350 e. The Morgan fingerprint density at radius 2 is 1.53 bits per heavy atom. The molecule has 5 heteroatoms. The number of halogens is 1. The van der Waals surface area contributed by atoms with Gasteiger partial charge in [0.1, 0.15) is 11.5 Å². The van der Waals surface area contributed by atoms with E-state index in [1.807, 2.05) is 74.5 Å². The van der Waals surface area contributed by atoms with Gasteiger partial charge in [0.2, 0.25) is 0 Å². The number of anilines is 1. The van der Waals surface area contributed by atoms with E-state index in [1.165, 1.54) is 17.0 Å². The van der Waals surface area contributed by atoms with Gasteiger partial charge in [0, 0.05) is 11.1 Å². The minimum atomic E-state index is -0.407. The lowest BCUT2D eigenvalue weighted by Crippen LogP contribution is -2.32. The summed E-state index contributed by atoms with van der Waals surface area (Å²) in [4.78, 5) is 28.4. The molecule has 34 heavy (non-hydrogen) atoms. The van der Waals surface area contributed by atoms with Gasteiger partial charge in [-0.15, -0.1) is 0 Å². The summed E-state index contributed by atoms with van der Waals surface area (Å²) in [7, 11) is 0. The molecule has 0 fully saturated rings. The van der Waals surface area contributed by atoms with Gasteiger partial charge in [-0.3, -0.25) is 14.5 Å². The van der Waals surface area contributed by atoms with Crippen LogP contribution in [0.25, 0.3) is 16.3 Å². The first-order valence-electron chi connectivity index (χ1n) is 11.1. The topological polar surface area (TPSA) is 49.4 Å². The molecule has 0 saturated heterocycles. The fraction of sp³-hybridized carbons (Fsp3) is 0.103. The van der Waals surface area contributed by atoms with Gasteiger partial charge in [0.25, 0.3) is 11.8 Å². The summed E-state index contributed by atoms with van der Waals surface area (Å²) in [5.74, 6) is -1.15. The standard InChI is InChI=1S/C29H23FN2O2/c1-18-10-13-22(16-19(18)2)26-27(31-25-9-5-7-21-6-3-4-8-24(21)25)29(34)32(28(26)33)17-20-11-14-23(30)15-12-20/h3-16,31H,17H2,1-2H3. The fourth-order valence-corrected chi connectivity index (χ4v) is 4.24. The zero-order valence-corrected chi connectivity index (χ0v) is 18.9. The molecule has 0 aromatic heterocycles. The van der Waals surface area contributed by atoms with E-state index in [2.05, 4.69) is 5.32 Å². The second-order valence-electron chi connectivity index (χ2n) is 8.52. The molecule has 0 atom stereocenters. The van der Waals surface area contributed by atoms with Crippen LogP contribution in [0.1, 0.15) is 22.3 Å². The number of nitrogens with one attached hydrogen (secondary N) is 1. The molecule has 1 aliphatic heterocycles. The Morgan fingerprint density at radius 1 is 0.794 bits per heavy atom. The highest BCUT2D eigenvalue weighted by atomic mass is 19.1. The average Bonchev–Trinajstić information content (AvgIpc) is 3.06. The van der Waals surface area contributed by atoms with Gasteiger partial charge in [0.05, 0.1) is 12.1 Å². The predicted molar refractivity (Wildman–Crippen MR) is 132 cm³/mol. The van der Waals surface area contributed by atoms with Crippen LogP contribution in [0.2, 0.25) is 0 Å². The Kier molecular flexibility index (Phi) is 5.46. The van der Waals surface area contributed by atoms with Crippen molar-refractivity contribution in [1.29, 1.82) is 0 Å². The molecule has 1 heterocycles. The molecule has 4 aromatic rings. The van der Waals surface area contributed by atoms with Crippen molar-refractivity contribution in [3.8, 4) is 0 Å². The Bertz CT molecular complexity index is 1470. The molecule has 1 N–H and O–H groups in total. The zero-order chi connectivity index (χ0) is 23.8. The van der Waals surface area contributed by atoms with Crippen molar-refractivity contribution in [3.63, 3.8) is 0 Å². The first-order chi connectivity index (χ1) is 16.4. The van der Waals surface area contributed by atoms with Crippen molar-refractivity contribution in [2.75, 3.05) is 5.32 Å². The van der Waals surface area contributed by atoms with Crippen LogP contribution in [0.4, 0.5) is 10.1 Å². The summed E-state index contributed by atoms with van der Waals surface area (Å²) in [5, 5.41) is 5.26. The van der Waals surface area contributed by atoms with Crippen molar-refractivity contribution in [2.45, 2.75) is 20.4 Å². The van der Waals surface area contributed by atoms with E-state index in [1.54, 1.807) is 12.1 Å². The number of hydrogen-bond acceptors (Lipinski definition) is 3. The maximum Gasteiger partial charge on any atom is 0.278 e. The first kappa shape index (κ1) is 21.6. The summed E-state index contributed by atoms with van der Waals surface area (Å²) in [5.41, 5.74) is 4.83. The number of carbonyl (C=O) groups excluding carboxylic acids is 2. The highest BCUT2D eigenvalue weighted by Crippen LogP contribution is 2.34. The summed E-state index contributed by atoms with van der Waals surface area (Å²) >= 11 is 0. The van der Waals surface area contributed by atoms with Crippen molar-refractivity contribution in [1.82, 2.24) is 4.90 Å². The van der Waals surface area contributed by atoms with Gasteiger partial charge in [-0.1, -0.05) is 66.7 Å². The van der Waals surface area contributed by atoms with Gasteiger partial charge < -0.3 is 5.32 Å². The normalized spacial score (nSPS) is 13.8. The number of hydrogen-bond donors (Lipinski definition) is 1. The second kappa shape index (κ2) is 8.60. The fourth-order valence-electron chi connectivity index (χ4n) is 4.24. The smallest absolute Gasteiger partial charge is 0.278 e. The number of carbonyl (C=O) groups is 2. The van der Waals surface area contributed by atoms with Crippen molar-refractivity contribution >= 4 is 33.8 Å². The molecule has 0 aliphatic carbocycles. The third kappa shape index (κ3) is 3.86. The molecule has 2 amide bonds. The summed E-state index contributed by atoms with van der Waals surface area (Å²) < 4.78 is 13.4. The van der Waals surface area contributed by atoms with Gasteiger partial charge in [0.15, 0.2) is 0 Å². The third-order valence-electron chi connectivity index (χ3n) is 6.27. The Balaban J connectivity index is 1.60. The van der Waals surface area contributed by atoms with Crippen LogP contribution >= 0.6 is 0 Å². The number of nitrogens with zero attached hydrogens (tertiary/aromatic N) is 1. The molecule has 0 saturated carbocycles. The van der Waals surface area contributed by atoms with Crippen LogP contribution < -0.4 is 5.32 Å². The lowest BCUT2D eigenvalue weighted by atomic mass is 9.99. The van der Waals surface area contributed by atoms with E-state index < -0.39 is 5.91 Å². The minimum Gasteiger partial charge on any atom is -0.350 e. The highest BCUT2D eigenvalue weighted by Gasteiger charge is 2.39. The van der Waals surface area contributed by atoms with Crippen LogP contribution in [0, 0.1) is 19.7 Å². The van der Waals surface area contributed by atoms with E-state index in [9.17, 15) is 14.0 Å². The van der Waals surface area contributed by atoms with Crippen molar-refractivity contribution in [2.24, 2.45) is 0 Å². The zero-order valence-electron chi connectivity index (χ0n) is 18.9. The minimum absolute atomic E-state index is 0.0625. The molecule has 0 bridgehead atoms.